The molecule has 1 fully saturated rings. The molecule has 1 unspecified atom stereocenters. The van der Waals surface area contributed by atoms with Crippen molar-refractivity contribution in [3.63, 3.8) is 0 Å². The summed E-state index contributed by atoms with van der Waals surface area (Å²) in [5, 5.41) is 8.60. The molecule has 0 bridgehead atoms. The van der Waals surface area contributed by atoms with Crippen molar-refractivity contribution in [3.8, 4) is 17.0 Å². The molecule has 3 aromatic heterocycles. The Hall–Kier alpha value is -3.50. The van der Waals surface area contributed by atoms with Crippen molar-refractivity contribution in [1.29, 1.82) is 0 Å². The number of hydrogen-bond donors (Lipinski definition) is 3. The number of imidazole rings is 1. The molecule has 31 heavy (non-hydrogen) atoms. The van der Waals surface area contributed by atoms with Gasteiger partial charge in [-0.25, -0.2) is 15.0 Å². The third kappa shape index (κ3) is 3.49. The maximum absolute atomic E-state index is 12.7. The smallest absolute Gasteiger partial charge is 0.261 e. The number of nitrogens with zero attached hydrogens (tertiary/aromatic N) is 4. The summed E-state index contributed by atoms with van der Waals surface area (Å²) in [6.45, 7) is 0.964. The Morgan fingerprint density at radius 2 is 2.26 bits per heavy atom. The lowest BCUT2D eigenvalue weighted by atomic mass is 10.1. The first-order chi connectivity index (χ1) is 15.2. The number of nitrogens with two attached hydrogens (primary N) is 1. The van der Waals surface area contributed by atoms with Gasteiger partial charge in [-0.15, -0.1) is 11.3 Å². The number of aromatic nitrogens is 4. The maximum Gasteiger partial charge on any atom is 0.261 e. The molecule has 0 saturated carbocycles. The second kappa shape index (κ2) is 7.97. The largest absolute Gasteiger partial charge is 0.496 e. The van der Waals surface area contributed by atoms with Crippen LogP contribution < -0.4 is 21.1 Å². The molecule has 1 saturated heterocycles. The van der Waals surface area contributed by atoms with Gasteiger partial charge in [0.2, 0.25) is 0 Å². The quantitative estimate of drug-likeness (QED) is 0.441. The zero-order valence-electron chi connectivity index (χ0n) is 16.8. The van der Waals surface area contributed by atoms with E-state index in [-0.39, 0.29) is 11.9 Å². The fourth-order valence-corrected chi connectivity index (χ4v) is 4.44. The number of carbonyl (C=O) groups is 1. The highest BCUT2D eigenvalue weighted by molar-refractivity contribution is 7.13. The Morgan fingerprint density at radius 1 is 1.35 bits per heavy atom. The summed E-state index contributed by atoms with van der Waals surface area (Å²) >= 11 is 1.35. The number of nitrogen functional groups attached to an aromatic ring is 1. The molecule has 1 amide bonds. The molecule has 9 nitrogen and oxygen atoms in total. The summed E-state index contributed by atoms with van der Waals surface area (Å²) < 4.78 is 7.52. The number of rotatable bonds is 5. The average Bonchev–Trinajstić information content (AvgIpc) is 3.54. The minimum absolute atomic E-state index is 0.160. The van der Waals surface area contributed by atoms with E-state index < -0.39 is 0 Å². The number of nitrogens with one attached hydrogen (secondary N) is 2. The van der Waals surface area contributed by atoms with E-state index in [1.807, 2.05) is 16.7 Å². The molecule has 4 N–H and O–H groups in total. The molecule has 0 radical (unpaired) electrons. The number of carbonyl (C=O) groups excluding carboxylic acids is 1. The number of fused-ring (bicyclic) bond motifs is 1. The van der Waals surface area contributed by atoms with Crippen LogP contribution in [0.5, 0.6) is 5.75 Å². The number of hydrogen-bond acceptors (Lipinski definition) is 8. The summed E-state index contributed by atoms with van der Waals surface area (Å²) in [5.74, 6) is 1.46. The lowest BCUT2D eigenvalue weighted by molar-refractivity contribution is 0.102. The molecular weight excluding hydrogens is 414 g/mol. The van der Waals surface area contributed by atoms with E-state index in [1.54, 1.807) is 29.9 Å². The van der Waals surface area contributed by atoms with Crippen molar-refractivity contribution < 1.29 is 9.53 Å². The molecule has 10 heteroatoms. The molecule has 1 aromatic carbocycles. The van der Waals surface area contributed by atoms with E-state index in [4.69, 9.17) is 15.5 Å². The zero-order valence-corrected chi connectivity index (χ0v) is 17.6. The van der Waals surface area contributed by atoms with Gasteiger partial charge in [0, 0.05) is 29.5 Å². The van der Waals surface area contributed by atoms with Gasteiger partial charge in [-0.2, -0.15) is 0 Å². The van der Waals surface area contributed by atoms with Gasteiger partial charge in [0.15, 0.2) is 5.13 Å². The summed E-state index contributed by atoms with van der Waals surface area (Å²) in [4.78, 5) is 26.0. The summed E-state index contributed by atoms with van der Waals surface area (Å²) in [6, 6.07) is 5.54. The van der Waals surface area contributed by atoms with Gasteiger partial charge in [0.25, 0.3) is 5.91 Å². The molecule has 1 atom stereocenters. The Labute approximate surface area is 182 Å². The molecule has 1 aliphatic heterocycles. The van der Waals surface area contributed by atoms with E-state index >= 15 is 0 Å². The van der Waals surface area contributed by atoms with Crippen LogP contribution in [0.25, 0.3) is 16.8 Å². The molecule has 158 valence electrons. The second-order valence-electron chi connectivity index (χ2n) is 7.21. The van der Waals surface area contributed by atoms with Gasteiger partial charge in [-0.1, -0.05) is 6.07 Å². The summed E-state index contributed by atoms with van der Waals surface area (Å²) in [7, 11) is 1.54. The molecule has 0 spiro atoms. The average molecular weight is 436 g/mol. The number of thiazole rings is 1. The number of ether oxygens (including phenoxy) is 1. The topological polar surface area (TPSA) is 119 Å². The highest BCUT2D eigenvalue weighted by atomic mass is 32.1. The number of methoxy groups -OCH3 is 1. The van der Waals surface area contributed by atoms with Crippen molar-refractivity contribution in [1.82, 2.24) is 24.7 Å². The third-order valence-corrected chi connectivity index (χ3v) is 6.04. The van der Waals surface area contributed by atoms with Crippen molar-refractivity contribution >= 4 is 33.7 Å². The van der Waals surface area contributed by atoms with Gasteiger partial charge in [-0.05, 0) is 31.5 Å². The van der Waals surface area contributed by atoms with E-state index in [0.29, 0.717) is 28.0 Å². The monoisotopic (exact) mass is 435 g/mol. The van der Waals surface area contributed by atoms with E-state index in [1.165, 1.54) is 18.4 Å². The van der Waals surface area contributed by atoms with Crippen LogP contribution in [-0.2, 0) is 0 Å². The SMILES string of the molecule is COc1cc(-c2nc(C3CCCN3)n3ccnc(N)c23)ccc1C(=O)Nc1nccs1. The lowest BCUT2D eigenvalue weighted by Gasteiger charge is -2.10. The number of amides is 1. The van der Waals surface area contributed by atoms with Crippen LogP contribution in [0.15, 0.2) is 42.2 Å². The fourth-order valence-electron chi connectivity index (χ4n) is 3.91. The Bertz CT molecular complexity index is 1250. The predicted molar refractivity (Wildman–Crippen MR) is 119 cm³/mol. The number of anilines is 2. The van der Waals surface area contributed by atoms with Crippen LogP contribution in [-0.4, -0.2) is 38.9 Å². The third-order valence-electron chi connectivity index (χ3n) is 5.35. The number of benzene rings is 1. The molecule has 1 aliphatic rings. The highest BCUT2D eigenvalue weighted by Crippen LogP contribution is 2.35. The van der Waals surface area contributed by atoms with E-state index in [0.717, 1.165) is 36.3 Å². The van der Waals surface area contributed by atoms with Gasteiger partial charge in [-0.3, -0.25) is 14.5 Å². The first kappa shape index (κ1) is 19.5. The van der Waals surface area contributed by atoms with Crippen LogP contribution in [0.3, 0.4) is 0 Å². The van der Waals surface area contributed by atoms with E-state index in [9.17, 15) is 4.79 Å². The Kier molecular flexibility index (Phi) is 5.00. The summed E-state index contributed by atoms with van der Waals surface area (Å²) in [6.07, 6.45) is 7.31. The fraction of sp³-hybridized carbons (Fsp3) is 0.238. The minimum atomic E-state index is -0.287. The first-order valence-corrected chi connectivity index (χ1v) is 10.8. The minimum Gasteiger partial charge on any atom is -0.496 e. The van der Waals surface area contributed by atoms with Crippen molar-refractivity contribution in [2.24, 2.45) is 0 Å². The summed E-state index contributed by atoms with van der Waals surface area (Å²) in [5.41, 5.74) is 8.90. The predicted octanol–water partition coefficient (Wildman–Crippen LogP) is 3.12. The van der Waals surface area contributed by atoms with Crippen LogP contribution in [0, 0.1) is 0 Å². The Balaban J connectivity index is 1.58. The van der Waals surface area contributed by atoms with E-state index in [2.05, 4.69) is 20.6 Å². The second-order valence-corrected chi connectivity index (χ2v) is 8.10. The van der Waals surface area contributed by atoms with Crippen LogP contribution in [0.1, 0.15) is 35.1 Å². The molecular formula is C21H21N7O2S. The van der Waals surface area contributed by atoms with Gasteiger partial charge in [0.1, 0.15) is 28.6 Å². The first-order valence-electron chi connectivity index (χ1n) is 9.91. The molecule has 5 rings (SSSR count). The standard InChI is InChI=1S/C21H21N7O2S/c1-30-15-11-12(4-5-13(15)20(29)27-21-25-8-10-31-21)16-17-18(22)24-7-9-28(17)19(26-16)14-3-2-6-23-14/h4-5,7-11,14,23H,2-3,6H2,1H3,(H2,22,24)(H,25,27,29). The van der Waals surface area contributed by atoms with Crippen molar-refractivity contribution in [2.75, 3.05) is 24.7 Å². The molecule has 0 aliphatic carbocycles. The molecule has 4 aromatic rings. The van der Waals surface area contributed by atoms with Crippen LogP contribution in [0.2, 0.25) is 0 Å². The van der Waals surface area contributed by atoms with Gasteiger partial charge in [0.05, 0.1) is 18.7 Å². The van der Waals surface area contributed by atoms with Gasteiger partial charge >= 0.3 is 0 Å². The van der Waals surface area contributed by atoms with Gasteiger partial charge < -0.3 is 15.8 Å². The van der Waals surface area contributed by atoms with Crippen LogP contribution >= 0.6 is 11.3 Å². The van der Waals surface area contributed by atoms with Crippen LogP contribution in [0.4, 0.5) is 10.9 Å². The van der Waals surface area contributed by atoms with Crippen molar-refractivity contribution in [2.45, 2.75) is 18.9 Å². The highest BCUT2D eigenvalue weighted by Gasteiger charge is 2.25. The Morgan fingerprint density at radius 3 is 3.00 bits per heavy atom. The molecule has 4 heterocycles. The lowest BCUT2D eigenvalue weighted by Crippen LogP contribution is -2.16. The maximum atomic E-state index is 12.7. The normalized spacial score (nSPS) is 16.0. The zero-order chi connectivity index (χ0) is 21.4. The van der Waals surface area contributed by atoms with Crippen molar-refractivity contribution in [3.05, 3.63) is 53.6 Å².